The molecule has 0 atom stereocenters. The van der Waals surface area contributed by atoms with Crippen LogP contribution < -0.4 is 11.3 Å². The Bertz CT molecular complexity index is 486. The van der Waals surface area contributed by atoms with E-state index in [0.29, 0.717) is 23.7 Å². The van der Waals surface area contributed by atoms with E-state index in [0.717, 1.165) is 6.54 Å². The molecule has 5 heteroatoms. The molecular formula is C16H24FN3O. The average Bonchev–Trinajstić information content (AvgIpc) is 2.54. The van der Waals surface area contributed by atoms with Gasteiger partial charge in [0.2, 0.25) is 0 Å². The second-order valence-electron chi connectivity index (χ2n) is 5.63. The van der Waals surface area contributed by atoms with Gasteiger partial charge in [0, 0.05) is 23.7 Å². The number of halogens is 1. The molecule has 1 aromatic rings. The van der Waals surface area contributed by atoms with E-state index < -0.39 is 5.91 Å². The lowest BCUT2D eigenvalue weighted by Crippen LogP contribution is -2.36. The fourth-order valence-corrected chi connectivity index (χ4v) is 3.08. The minimum absolute atomic E-state index is 0.266. The van der Waals surface area contributed by atoms with Gasteiger partial charge in [-0.15, -0.1) is 0 Å². The molecule has 1 saturated carbocycles. The summed E-state index contributed by atoms with van der Waals surface area (Å²) in [5.41, 5.74) is 3.04. The smallest absolute Gasteiger partial charge is 0.265 e. The molecule has 1 aliphatic rings. The van der Waals surface area contributed by atoms with Crippen molar-refractivity contribution in [2.24, 2.45) is 5.84 Å². The van der Waals surface area contributed by atoms with Gasteiger partial charge in [-0.3, -0.25) is 15.1 Å². The molecule has 116 valence electrons. The third kappa shape index (κ3) is 4.02. The summed E-state index contributed by atoms with van der Waals surface area (Å²) in [5.74, 6) is 4.48. The topological polar surface area (TPSA) is 58.4 Å². The lowest BCUT2D eigenvalue weighted by molar-refractivity contribution is 0.0953. The van der Waals surface area contributed by atoms with Gasteiger partial charge in [0.1, 0.15) is 5.82 Å². The molecule has 1 aliphatic carbocycles. The number of carbonyl (C=O) groups excluding carboxylic acids is 1. The number of carbonyl (C=O) groups is 1. The van der Waals surface area contributed by atoms with Gasteiger partial charge in [-0.2, -0.15) is 0 Å². The van der Waals surface area contributed by atoms with E-state index in [2.05, 4.69) is 17.2 Å². The van der Waals surface area contributed by atoms with Crippen LogP contribution in [0.4, 0.5) is 4.39 Å². The van der Waals surface area contributed by atoms with Crippen molar-refractivity contribution < 1.29 is 9.18 Å². The van der Waals surface area contributed by atoms with Crippen LogP contribution in [0, 0.1) is 5.82 Å². The van der Waals surface area contributed by atoms with Crippen LogP contribution in [0.2, 0.25) is 0 Å². The second kappa shape index (κ2) is 7.52. The molecule has 1 amide bonds. The van der Waals surface area contributed by atoms with Crippen molar-refractivity contribution >= 4 is 5.91 Å². The largest absolute Gasteiger partial charge is 0.296 e. The van der Waals surface area contributed by atoms with E-state index in [9.17, 15) is 9.18 Å². The summed E-state index contributed by atoms with van der Waals surface area (Å²) in [5, 5.41) is 0. The molecule has 1 fully saturated rings. The van der Waals surface area contributed by atoms with E-state index in [-0.39, 0.29) is 5.82 Å². The Morgan fingerprint density at radius 3 is 2.71 bits per heavy atom. The molecule has 4 nitrogen and oxygen atoms in total. The molecule has 0 bridgehead atoms. The van der Waals surface area contributed by atoms with Gasteiger partial charge in [-0.25, -0.2) is 10.2 Å². The summed E-state index contributed by atoms with van der Waals surface area (Å²) in [6.45, 7) is 3.53. The Labute approximate surface area is 125 Å². The molecule has 0 heterocycles. The van der Waals surface area contributed by atoms with E-state index in [4.69, 9.17) is 5.84 Å². The highest BCUT2D eigenvalue weighted by atomic mass is 19.1. The highest BCUT2D eigenvalue weighted by Gasteiger charge is 2.21. The third-order valence-corrected chi connectivity index (χ3v) is 4.31. The van der Waals surface area contributed by atoms with Crippen LogP contribution in [0.25, 0.3) is 0 Å². The average molecular weight is 293 g/mol. The number of nitrogens with two attached hydrogens (primary N) is 1. The van der Waals surface area contributed by atoms with Crippen LogP contribution in [0.3, 0.4) is 0 Å². The van der Waals surface area contributed by atoms with Crippen molar-refractivity contribution in [2.45, 2.75) is 51.6 Å². The first kappa shape index (κ1) is 15.9. The first-order chi connectivity index (χ1) is 10.2. The molecule has 0 unspecified atom stereocenters. The third-order valence-electron chi connectivity index (χ3n) is 4.31. The van der Waals surface area contributed by atoms with Crippen molar-refractivity contribution in [3.8, 4) is 0 Å². The van der Waals surface area contributed by atoms with Gasteiger partial charge >= 0.3 is 0 Å². The van der Waals surface area contributed by atoms with Crippen molar-refractivity contribution in [2.75, 3.05) is 6.54 Å². The zero-order valence-corrected chi connectivity index (χ0v) is 12.6. The normalized spacial score (nSPS) is 16.2. The van der Waals surface area contributed by atoms with E-state index in [1.165, 1.54) is 44.2 Å². The summed E-state index contributed by atoms with van der Waals surface area (Å²) >= 11 is 0. The van der Waals surface area contributed by atoms with Gasteiger partial charge in [-0.1, -0.05) is 26.2 Å². The number of hydrazine groups is 1. The molecular weight excluding hydrogens is 269 g/mol. The Morgan fingerprint density at radius 1 is 1.38 bits per heavy atom. The minimum atomic E-state index is -0.392. The van der Waals surface area contributed by atoms with E-state index in [1.54, 1.807) is 6.07 Å². The molecule has 0 aromatic heterocycles. The van der Waals surface area contributed by atoms with Crippen LogP contribution >= 0.6 is 0 Å². The molecule has 0 radical (unpaired) electrons. The monoisotopic (exact) mass is 293 g/mol. The predicted molar refractivity (Wildman–Crippen MR) is 81.0 cm³/mol. The summed E-state index contributed by atoms with van der Waals surface area (Å²) < 4.78 is 14.0. The second-order valence-corrected chi connectivity index (χ2v) is 5.63. The van der Waals surface area contributed by atoms with Crippen LogP contribution in [0.5, 0.6) is 0 Å². The quantitative estimate of drug-likeness (QED) is 0.498. The number of hydrogen-bond donors (Lipinski definition) is 2. The fourth-order valence-electron chi connectivity index (χ4n) is 3.08. The van der Waals surface area contributed by atoms with Gasteiger partial charge in [0.05, 0.1) is 0 Å². The predicted octanol–water partition coefficient (Wildman–Crippen LogP) is 2.58. The summed E-state index contributed by atoms with van der Waals surface area (Å²) in [6, 6.07) is 4.92. The van der Waals surface area contributed by atoms with Gasteiger partial charge in [-0.05, 0) is 37.6 Å². The molecule has 0 aliphatic heterocycles. The van der Waals surface area contributed by atoms with Crippen LogP contribution in [-0.2, 0) is 6.54 Å². The Hall–Kier alpha value is -1.46. The maximum Gasteiger partial charge on any atom is 0.265 e. The summed E-state index contributed by atoms with van der Waals surface area (Å²) in [4.78, 5) is 13.9. The standard InChI is InChI=1S/C16H24FN3O/c1-2-20(14-6-4-3-5-7-14)11-13-10-12(16(21)19-18)8-9-15(13)17/h8-10,14H,2-7,11,18H2,1H3,(H,19,21). The highest BCUT2D eigenvalue weighted by Crippen LogP contribution is 2.24. The number of nitrogens with one attached hydrogen (secondary N) is 1. The number of rotatable bonds is 5. The molecule has 2 rings (SSSR count). The van der Waals surface area contributed by atoms with Crippen molar-refractivity contribution in [1.82, 2.24) is 10.3 Å². The number of nitrogen functional groups attached to an aromatic ring is 1. The molecule has 3 N–H and O–H groups in total. The van der Waals surface area contributed by atoms with E-state index >= 15 is 0 Å². The maximum atomic E-state index is 14.0. The number of nitrogens with zero attached hydrogens (tertiary/aromatic N) is 1. The summed E-state index contributed by atoms with van der Waals surface area (Å²) in [7, 11) is 0. The van der Waals surface area contributed by atoms with E-state index in [1.807, 2.05) is 0 Å². The lowest BCUT2D eigenvalue weighted by atomic mass is 9.93. The zero-order valence-electron chi connectivity index (χ0n) is 12.6. The van der Waals surface area contributed by atoms with Gasteiger partial charge < -0.3 is 0 Å². The lowest BCUT2D eigenvalue weighted by Gasteiger charge is -2.33. The minimum Gasteiger partial charge on any atom is -0.296 e. The molecule has 1 aromatic carbocycles. The van der Waals surface area contributed by atoms with Crippen LogP contribution in [0.1, 0.15) is 54.9 Å². The van der Waals surface area contributed by atoms with Crippen molar-refractivity contribution in [3.63, 3.8) is 0 Å². The van der Waals surface area contributed by atoms with Gasteiger partial charge in [0.25, 0.3) is 5.91 Å². The highest BCUT2D eigenvalue weighted by molar-refractivity contribution is 5.93. The Balaban J connectivity index is 2.14. The van der Waals surface area contributed by atoms with Gasteiger partial charge in [0.15, 0.2) is 0 Å². The van der Waals surface area contributed by atoms with Crippen molar-refractivity contribution in [1.29, 1.82) is 0 Å². The number of amides is 1. The fraction of sp³-hybridized carbons (Fsp3) is 0.562. The SMILES string of the molecule is CCN(Cc1cc(C(=O)NN)ccc1F)C1CCCCC1. The molecule has 21 heavy (non-hydrogen) atoms. The maximum absolute atomic E-state index is 14.0. The Kier molecular flexibility index (Phi) is 5.70. The first-order valence-corrected chi connectivity index (χ1v) is 7.69. The first-order valence-electron chi connectivity index (χ1n) is 7.69. The molecule has 0 spiro atoms. The van der Waals surface area contributed by atoms with Crippen LogP contribution in [0.15, 0.2) is 18.2 Å². The zero-order chi connectivity index (χ0) is 15.2. The summed E-state index contributed by atoms with van der Waals surface area (Å²) in [6.07, 6.45) is 6.16. The van der Waals surface area contributed by atoms with Crippen LogP contribution in [-0.4, -0.2) is 23.4 Å². The molecule has 0 saturated heterocycles. The number of benzene rings is 1. The Morgan fingerprint density at radius 2 is 2.10 bits per heavy atom. The van der Waals surface area contributed by atoms with Crippen molar-refractivity contribution in [3.05, 3.63) is 35.1 Å². The number of hydrogen-bond acceptors (Lipinski definition) is 3.